The smallest absolute Gasteiger partial charge is 0.347 e. The predicted molar refractivity (Wildman–Crippen MR) is 51.0 cm³/mol. The van der Waals surface area contributed by atoms with Crippen LogP contribution in [-0.2, 0) is 16.0 Å². The topological polar surface area (TPSA) is 61.5 Å². The summed E-state index contributed by atoms with van der Waals surface area (Å²) in [6.45, 7) is 0. The largest absolute Gasteiger partial charge is 0.476 e. The van der Waals surface area contributed by atoms with Crippen LogP contribution in [0.2, 0.25) is 0 Å². The fourth-order valence-corrected chi connectivity index (χ4v) is 1.56. The molecule has 0 saturated heterocycles. The van der Waals surface area contributed by atoms with E-state index < -0.39 is 6.10 Å². The summed E-state index contributed by atoms with van der Waals surface area (Å²) >= 11 is 0. The van der Waals surface area contributed by atoms with Gasteiger partial charge in [0.1, 0.15) is 5.75 Å². The van der Waals surface area contributed by atoms with Gasteiger partial charge >= 0.3 is 5.97 Å². The molecule has 0 bridgehead atoms. The highest BCUT2D eigenvalue weighted by atomic mass is 16.6. The van der Waals surface area contributed by atoms with Gasteiger partial charge < -0.3 is 15.2 Å². The molecule has 0 amide bonds. The third kappa shape index (κ3) is 1.28. The average molecular weight is 193 g/mol. The van der Waals surface area contributed by atoms with Gasteiger partial charge in [-0.2, -0.15) is 0 Å². The number of ether oxygens (including phenoxy) is 2. The summed E-state index contributed by atoms with van der Waals surface area (Å²) in [5.41, 5.74) is 7.22. The van der Waals surface area contributed by atoms with Gasteiger partial charge in [-0.3, -0.25) is 0 Å². The molecule has 1 atom stereocenters. The lowest BCUT2D eigenvalue weighted by Gasteiger charge is -2.08. The van der Waals surface area contributed by atoms with Crippen molar-refractivity contribution < 1.29 is 14.3 Å². The number of carbonyl (C=O) groups excluding carboxylic acids is 1. The zero-order chi connectivity index (χ0) is 10.1. The molecule has 1 aliphatic rings. The molecule has 0 radical (unpaired) electrons. The van der Waals surface area contributed by atoms with Crippen LogP contribution in [0.3, 0.4) is 0 Å². The molecule has 0 aliphatic carbocycles. The number of esters is 1. The fourth-order valence-electron chi connectivity index (χ4n) is 1.56. The number of para-hydroxylation sites is 1. The molecule has 0 saturated carbocycles. The molecule has 2 N–H and O–H groups in total. The summed E-state index contributed by atoms with van der Waals surface area (Å²) in [5, 5.41) is 0. The van der Waals surface area contributed by atoms with E-state index in [1.54, 1.807) is 6.07 Å². The number of fused-ring (bicyclic) bond motifs is 1. The number of hydrogen-bond donors (Lipinski definition) is 1. The SMILES string of the molecule is COC(=O)[C@H]1Cc2cccc(N)c2O1. The normalized spacial score (nSPS) is 18.5. The summed E-state index contributed by atoms with van der Waals surface area (Å²) in [6, 6.07) is 5.49. The zero-order valence-electron chi connectivity index (χ0n) is 7.82. The molecule has 74 valence electrons. The molecule has 1 aliphatic heterocycles. The van der Waals surface area contributed by atoms with E-state index in [4.69, 9.17) is 10.5 Å². The predicted octanol–water partition coefficient (Wildman–Crippen LogP) is 0.745. The molecule has 14 heavy (non-hydrogen) atoms. The van der Waals surface area contributed by atoms with E-state index >= 15 is 0 Å². The molecular formula is C10H11NO3. The Morgan fingerprint density at radius 2 is 2.43 bits per heavy atom. The highest BCUT2D eigenvalue weighted by molar-refractivity contribution is 5.78. The molecule has 1 aromatic carbocycles. The standard InChI is InChI=1S/C10H11NO3/c1-13-10(12)8-5-6-3-2-4-7(11)9(6)14-8/h2-4,8H,5,11H2,1H3/t8-/m1/s1. The maximum atomic E-state index is 11.2. The molecule has 1 heterocycles. The lowest BCUT2D eigenvalue weighted by atomic mass is 10.1. The first-order chi connectivity index (χ1) is 6.72. The van der Waals surface area contributed by atoms with E-state index in [1.165, 1.54) is 7.11 Å². The fraction of sp³-hybridized carbons (Fsp3) is 0.300. The van der Waals surface area contributed by atoms with Crippen molar-refractivity contribution >= 4 is 11.7 Å². The summed E-state index contributed by atoms with van der Waals surface area (Å²) < 4.78 is 9.99. The Morgan fingerprint density at radius 3 is 3.07 bits per heavy atom. The molecule has 4 nitrogen and oxygen atoms in total. The van der Waals surface area contributed by atoms with Crippen LogP contribution >= 0.6 is 0 Å². The van der Waals surface area contributed by atoms with Crippen LogP contribution in [0.4, 0.5) is 5.69 Å². The number of nitrogen functional groups attached to an aromatic ring is 1. The van der Waals surface area contributed by atoms with Gasteiger partial charge in [0.15, 0.2) is 6.10 Å². The molecule has 4 heteroatoms. The van der Waals surface area contributed by atoms with Crippen LogP contribution in [0, 0.1) is 0 Å². The van der Waals surface area contributed by atoms with E-state index in [0.29, 0.717) is 17.9 Å². The van der Waals surface area contributed by atoms with Crippen molar-refractivity contribution in [3.8, 4) is 5.75 Å². The number of carbonyl (C=O) groups is 1. The zero-order valence-corrected chi connectivity index (χ0v) is 7.82. The van der Waals surface area contributed by atoms with Gasteiger partial charge in [0, 0.05) is 12.0 Å². The Hall–Kier alpha value is -1.71. The third-order valence-electron chi connectivity index (χ3n) is 2.26. The number of benzene rings is 1. The number of anilines is 1. The van der Waals surface area contributed by atoms with Crippen molar-refractivity contribution in [1.29, 1.82) is 0 Å². The second-order valence-electron chi connectivity index (χ2n) is 3.17. The molecule has 1 aromatic rings. The first-order valence-electron chi connectivity index (χ1n) is 4.34. The summed E-state index contributed by atoms with van der Waals surface area (Å²) in [4.78, 5) is 11.2. The van der Waals surface area contributed by atoms with Gasteiger partial charge in [0.05, 0.1) is 12.8 Å². The molecule has 0 spiro atoms. The van der Waals surface area contributed by atoms with Crippen molar-refractivity contribution in [2.75, 3.05) is 12.8 Å². The first-order valence-corrected chi connectivity index (χ1v) is 4.34. The van der Waals surface area contributed by atoms with Crippen LogP contribution in [0.15, 0.2) is 18.2 Å². The number of hydrogen-bond acceptors (Lipinski definition) is 4. The van der Waals surface area contributed by atoms with Crippen LogP contribution in [-0.4, -0.2) is 19.2 Å². The third-order valence-corrected chi connectivity index (χ3v) is 2.26. The van der Waals surface area contributed by atoms with Gasteiger partial charge in [0.2, 0.25) is 0 Å². The lowest BCUT2D eigenvalue weighted by molar-refractivity contribution is -0.147. The minimum absolute atomic E-state index is 0.361. The maximum absolute atomic E-state index is 11.2. The Balaban J connectivity index is 2.26. The number of methoxy groups -OCH3 is 1. The van der Waals surface area contributed by atoms with Crippen LogP contribution < -0.4 is 10.5 Å². The quantitative estimate of drug-likeness (QED) is 0.528. The Bertz CT molecular complexity index is 376. The van der Waals surface area contributed by atoms with Crippen molar-refractivity contribution in [2.45, 2.75) is 12.5 Å². The van der Waals surface area contributed by atoms with Crippen LogP contribution in [0.25, 0.3) is 0 Å². The Labute approximate surface area is 81.6 Å². The Kier molecular flexibility index (Phi) is 2.04. The summed E-state index contributed by atoms with van der Waals surface area (Å²) in [7, 11) is 1.35. The minimum Gasteiger partial charge on any atom is -0.476 e. The molecule has 0 aromatic heterocycles. The van der Waals surface area contributed by atoms with Gasteiger partial charge in [-0.1, -0.05) is 12.1 Å². The monoisotopic (exact) mass is 193 g/mol. The van der Waals surface area contributed by atoms with E-state index in [9.17, 15) is 4.79 Å². The lowest BCUT2D eigenvalue weighted by Crippen LogP contribution is -2.26. The van der Waals surface area contributed by atoms with Gasteiger partial charge in [0.25, 0.3) is 0 Å². The van der Waals surface area contributed by atoms with Gasteiger partial charge in [-0.15, -0.1) is 0 Å². The summed E-state index contributed by atoms with van der Waals surface area (Å²) in [5.74, 6) is 0.253. The Morgan fingerprint density at radius 1 is 1.64 bits per heavy atom. The van der Waals surface area contributed by atoms with Crippen LogP contribution in [0.5, 0.6) is 5.75 Å². The van der Waals surface area contributed by atoms with Crippen molar-refractivity contribution in [2.24, 2.45) is 0 Å². The van der Waals surface area contributed by atoms with Gasteiger partial charge in [-0.05, 0) is 6.07 Å². The first kappa shape index (κ1) is 8.87. The van der Waals surface area contributed by atoms with E-state index in [1.807, 2.05) is 12.1 Å². The average Bonchev–Trinajstić information content (AvgIpc) is 2.62. The molecule has 0 unspecified atom stereocenters. The van der Waals surface area contributed by atoms with Crippen molar-refractivity contribution in [3.05, 3.63) is 23.8 Å². The second-order valence-corrected chi connectivity index (χ2v) is 3.17. The van der Waals surface area contributed by atoms with E-state index in [-0.39, 0.29) is 5.97 Å². The number of rotatable bonds is 1. The minimum atomic E-state index is -0.542. The highest BCUT2D eigenvalue weighted by Gasteiger charge is 2.30. The molecule has 0 fully saturated rings. The van der Waals surface area contributed by atoms with E-state index in [2.05, 4.69) is 4.74 Å². The van der Waals surface area contributed by atoms with Gasteiger partial charge in [-0.25, -0.2) is 4.79 Å². The van der Waals surface area contributed by atoms with Crippen LogP contribution in [0.1, 0.15) is 5.56 Å². The van der Waals surface area contributed by atoms with E-state index in [0.717, 1.165) is 5.56 Å². The molecular weight excluding hydrogens is 182 g/mol. The second kappa shape index (κ2) is 3.21. The molecule has 2 rings (SSSR count). The maximum Gasteiger partial charge on any atom is 0.347 e. The van der Waals surface area contributed by atoms with Crippen molar-refractivity contribution in [3.63, 3.8) is 0 Å². The summed E-state index contributed by atoms with van der Waals surface area (Å²) in [6.07, 6.45) is -0.00718. The number of nitrogens with two attached hydrogens (primary N) is 1. The highest BCUT2D eigenvalue weighted by Crippen LogP contribution is 2.34. The van der Waals surface area contributed by atoms with Crippen molar-refractivity contribution in [1.82, 2.24) is 0 Å².